The average Bonchev–Trinajstić information content (AvgIpc) is 2.39. The molecule has 0 unspecified atom stereocenters. The topological polar surface area (TPSA) is 37.7 Å². The molecule has 0 radical (unpaired) electrons. The van der Waals surface area contributed by atoms with E-state index in [2.05, 4.69) is 9.98 Å². The van der Waals surface area contributed by atoms with Gasteiger partial charge in [-0.1, -0.05) is 18.2 Å². The van der Waals surface area contributed by atoms with Crippen LogP contribution in [0, 0.1) is 0 Å². The highest BCUT2D eigenvalue weighted by Crippen LogP contribution is 2.20. The third kappa shape index (κ3) is 3.59. The van der Waals surface area contributed by atoms with Crippen molar-refractivity contribution in [3.8, 4) is 11.6 Å². The highest BCUT2D eigenvalue weighted by atomic mass is 16.5. The zero-order valence-corrected chi connectivity index (χ0v) is 10.4. The number of aromatic nitrogens is 1. The van der Waals surface area contributed by atoms with Gasteiger partial charge in [0.1, 0.15) is 5.75 Å². The number of aliphatic imine (C=N–C) groups is 1. The molecule has 1 aromatic carbocycles. The van der Waals surface area contributed by atoms with Gasteiger partial charge in [-0.3, -0.25) is 0 Å². The van der Waals surface area contributed by atoms with Crippen molar-refractivity contribution in [3.05, 3.63) is 48.7 Å². The Morgan fingerprint density at radius 1 is 1.11 bits per heavy atom. The first-order valence-corrected chi connectivity index (χ1v) is 5.63. The molecule has 4 nitrogen and oxygen atoms in total. The van der Waals surface area contributed by atoms with Gasteiger partial charge in [-0.05, 0) is 18.2 Å². The first-order valence-electron chi connectivity index (χ1n) is 5.63. The maximum absolute atomic E-state index is 5.59. The Balaban J connectivity index is 2.04. The SMILES string of the molecule is CN(C)C=Nc1ccc(Oc2ccccc2)nc1. The van der Waals surface area contributed by atoms with E-state index in [1.807, 2.05) is 55.4 Å². The monoisotopic (exact) mass is 241 g/mol. The number of hydrogen-bond donors (Lipinski definition) is 0. The average molecular weight is 241 g/mol. The number of hydrogen-bond acceptors (Lipinski definition) is 3. The molecule has 0 amide bonds. The van der Waals surface area contributed by atoms with E-state index in [4.69, 9.17) is 4.74 Å². The fraction of sp³-hybridized carbons (Fsp3) is 0.143. The molecule has 0 atom stereocenters. The lowest BCUT2D eigenvalue weighted by atomic mass is 10.3. The second kappa shape index (κ2) is 5.82. The largest absolute Gasteiger partial charge is 0.439 e. The molecule has 1 heterocycles. The van der Waals surface area contributed by atoms with Crippen LogP contribution >= 0.6 is 0 Å². The van der Waals surface area contributed by atoms with Gasteiger partial charge in [0.05, 0.1) is 18.2 Å². The fourth-order valence-electron chi connectivity index (χ4n) is 1.30. The molecule has 0 spiro atoms. The Morgan fingerprint density at radius 2 is 1.89 bits per heavy atom. The molecule has 2 aromatic rings. The number of para-hydroxylation sites is 1. The van der Waals surface area contributed by atoms with Crippen LogP contribution in [0.5, 0.6) is 11.6 Å². The van der Waals surface area contributed by atoms with E-state index < -0.39 is 0 Å². The maximum atomic E-state index is 5.59. The van der Waals surface area contributed by atoms with Crippen LogP contribution in [0.4, 0.5) is 5.69 Å². The number of rotatable bonds is 4. The summed E-state index contributed by atoms with van der Waals surface area (Å²) in [5.74, 6) is 1.33. The lowest BCUT2D eigenvalue weighted by molar-refractivity contribution is 0.463. The molecule has 0 aliphatic rings. The van der Waals surface area contributed by atoms with Crippen molar-refractivity contribution in [2.75, 3.05) is 14.1 Å². The molecule has 0 fully saturated rings. The third-order valence-electron chi connectivity index (χ3n) is 2.12. The van der Waals surface area contributed by atoms with Crippen molar-refractivity contribution in [2.45, 2.75) is 0 Å². The van der Waals surface area contributed by atoms with Crippen LogP contribution in [-0.2, 0) is 0 Å². The van der Waals surface area contributed by atoms with Gasteiger partial charge in [-0.25, -0.2) is 9.98 Å². The van der Waals surface area contributed by atoms with Crippen molar-refractivity contribution in [1.29, 1.82) is 0 Å². The normalized spacial score (nSPS) is 10.6. The van der Waals surface area contributed by atoms with Gasteiger partial charge in [0.15, 0.2) is 0 Å². The molecule has 0 saturated heterocycles. The predicted octanol–water partition coefficient (Wildman–Crippen LogP) is 3.10. The standard InChI is InChI=1S/C14H15N3O/c1-17(2)11-16-12-8-9-14(15-10-12)18-13-6-4-3-5-7-13/h3-11H,1-2H3. The van der Waals surface area contributed by atoms with Gasteiger partial charge in [0.2, 0.25) is 5.88 Å². The Bertz CT molecular complexity index is 506. The highest BCUT2D eigenvalue weighted by Gasteiger charge is 1.97. The summed E-state index contributed by atoms with van der Waals surface area (Å²) in [4.78, 5) is 10.3. The summed E-state index contributed by atoms with van der Waals surface area (Å²) in [6.07, 6.45) is 3.41. The second-order valence-electron chi connectivity index (χ2n) is 3.98. The maximum Gasteiger partial charge on any atom is 0.219 e. The Labute approximate surface area is 107 Å². The van der Waals surface area contributed by atoms with Crippen LogP contribution in [0.2, 0.25) is 0 Å². The fourth-order valence-corrected chi connectivity index (χ4v) is 1.30. The van der Waals surface area contributed by atoms with Crippen molar-refractivity contribution >= 4 is 12.0 Å². The summed E-state index contributed by atoms with van der Waals surface area (Å²) in [5, 5.41) is 0. The van der Waals surface area contributed by atoms with Crippen molar-refractivity contribution in [2.24, 2.45) is 4.99 Å². The van der Waals surface area contributed by atoms with Crippen LogP contribution in [0.1, 0.15) is 0 Å². The molecular formula is C14H15N3O. The zero-order valence-electron chi connectivity index (χ0n) is 10.4. The number of nitrogens with zero attached hydrogens (tertiary/aromatic N) is 3. The molecule has 0 bridgehead atoms. The summed E-state index contributed by atoms with van der Waals surface area (Å²) < 4.78 is 5.59. The van der Waals surface area contributed by atoms with Crippen molar-refractivity contribution in [3.63, 3.8) is 0 Å². The Hall–Kier alpha value is -2.36. The smallest absolute Gasteiger partial charge is 0.219 e. The first kappa shape index (κ1) is 12.1. The summed E-state index contributed by atoms with van der Waals surface area (Å²) in [5.41, 5.74) is 0.795. The van der Waals surface area contributed by atoms with Crippen LogP contribution < -0.4 is 4.74 Å². The summed E-state index contributed by atoms with van der Waals surface area (Å²) >= 11 is 0. The van der Waals surface area contributed by atoms with E-state index in [0.29, 0.717) is 5.88 Å². The summed E-state index contributed by atoms with van der Waals surface area (Å²) in [7, 11) is 3.84. The van der Waals surface area contributed by atoms with Gasteiger partial charge in [0, 0.05) is 20.2 Å². The minimum absolute atomic E-state index is 0.560. The van der Waals surface area contributed by atoms with E-state index in [0.717, 1.165) is 11.4 Å². The van der Waals surface area contributed by atoms with Gasteiger partial charge in [-0.15, -0.1) is 0 Å². The van der Waals surface area contributed by atoms with E-state index in [-0.39, 0.29) is 0 Å². The van der Waals surface area contributed by atoms with Crippen LogP contribution in [-0.4, -0.2) is 30.3 Å². The predicted molar refractivity (Wildman–Crippen MR) is 72.6 cm³/mol. The van der Waals surface area contributed by atoms with Crippen LogP contribution in [0.25, 0.3) is 0 Å². The van der Waals surface area contributed by atoms with Crippen molar-refractivity contribution in [1.82, 2.24) is 9.88 Å². The van der Waals surface area contributed by atoms with Gasteiger partial charge in [-0.2, -0.15) is 0 Å². The molecule has 1 aromatic heterocycles. The van der Waals surface area contributed by atoms with Crippen molar-refractivity contribution < 1.29 is 4.74 Å². The van der Waals surface area contributed by atoms with E-state index in [1.54, 1.807) is 18.6 Å². The molecule has 2 rings (SSSR count). The van der Waals surface area contributed by atoms with E-state index in [9.17, 15) is 0 Å². The third-order valence-corrected chi connectivity index (χ3v) is 2.12. The minimum Gasteiger partial charge on any atom is -0.439 e. The summed E-state index contributed by atoms with van der Waals surface area (Å²) in [6.45, 7) is 0. The number of pyridine rings is 1. The lowest BCUT2D eigenvalue weighted by Gasteiger charge is -2.04. The summed E-state index contributed by atoms with van der Waals surface area (Å²) in [6, 6.07) is 13.2. The molecule has 4 heteroatoms. The molecular weight excluding hydrogens is 226 g/mol. The molecule has 0 N–H and O–H groups in total. The molecule has 18 heavy (non-hydrogen) atoms. The van der Waals surface area contributed by atoms with Gasteiger partial charge < -0.3 is 9.64 Å². The quantitative estimate of drug-likeness (QED) is 0.609. The second-order valence-corrected chi connectivity index (χ2v) is 3.98. The number of benzene rings is 1. The molecule has 92 valence electrons. The minimum atomic E-state index is 0.560. The number of ether oxygens (including phenoxy) is 1. The molecule has 0 saturated carbocycles. The highest BCUT2D eigenvalue weighted by molar-refractivity contribution is 5.60. The first-order chi connectivity index (χ1) is 8.74. The zero-order chi connectivity index (χ0) is 12.8. The molecule has 0 aliphatic carbocycles. The van der Waals surface area contributed by atoms with Crippen LogP contribution in [0.3, 0.4) is 0 Å². The van der Waals surface area contributed by atoms with Crippen LogP contribution in [0.15, 0.2) is 53.7 Å². The van der Waals surface area contributed by atoms with E-state index >= 15 is 0 Å². The Morgan fingerprint density at radius 3 is 2.50 bits per heavy atom. The van der Waals surface area contributed by atoms with Gasteiger partial charge >= 0.3 is 0 Å². The molecule has 0 aliphatic heterocycles. The lowest BCUT2D eigenvalue weighted by Crippen LogP contribution is -2.06. The Kier molecular flexibility index (Phi) is 3.91. The van der Waals surface area contributed by atoms with Gasteiger partial charge in [0.25, 0.3) is 0 Å². The van der Waals surface area contributed by atoms with E-state index in [1.165, 1.54) is 0 Å².